The summed E-state index contributed by atoms with van der Waals surface area (Å²) in [5, 5.41) is 4.03. The van der Waals surface area contributed by atoms with Crippen LogP contribution in [0.2, 0.25) is 0 Å². The van der Waals surface area contributed by atoms with Gasteiger partial charge < -0.3 is 0 Å². The molecular weight excluding hydrogens is 511 g/mol. The summed E-state index contributed by atoms with van der Waals surface area (Å²) in [6, 6.07) is 9.01. The molecule has 0 unspecified atom stereocenters. The molecule has 1 aromatic carbocycles. The lowest BCUT2D eigenvalue weighted by atomic mass is 10.2. The Bertz CT molecular complexity index is 1160. The number of amides is 1. The van der Waals surface area contributed by atoms with E-state index in [0.717, 1.165) is 16.4 Å². The van der Waals surface area contributed by atoms with E-state index < -0.39 is 10.0 Å². The zero-order chi connectivity index (χ0) is 19.9. The number of carbonyl (C=O) groups excluding carboxylic acids is 1. The van der Waals surface area contributed by atoms with Gasteiger partial charge in [-0.3, -0.25) is 10.1 Å². The van der Waals surface area contributed by atoms with Crippen LogP contribution in [0.15, 0.2) is 41.6 Å². The van der Waals surface area contributed by atoms with E-state index in [9.17, 15) is 13.2 Å². The van der Waals surface area contributed by atoms with E-state index in [1.807, 2.05) is 24.5 Å². The Labute approximate surface area is 180 Å². The molecule has 2 aromatic heterocycles. The number of thioether (sulfide) groups is 1. The molecule has 1 fully saturated rings. The zero-order valence-corrected chi connectivity index (χ0v) is 18.7. The number of halogens is 1. The van der Waals surface area contributed by atoms with Crippen LogP contribution in [0.3, 0.4) is 0 Å². The molecule has 1 saturated carbocycles. The minimum atomic E-state index is -3.69. The molecule has 0 radical (unpaired) electrons. The van der Waals surface area contributed by atoms with Crippen molar-refractivity contribution in [3.63, 3.8) is 0 Å². The average molecular weight is 528 g/mol. The van der Waals surface area contributed by atoms with Crippen LogP contribution in [0.1, 0.15) is 18.4 Å². The minimum absolute atomic E-state index is 0.00533. The van der Waals surface area contributed by atoms with Gasteiger partial charge in [-0.05, 0) is 47.3 Å². The number of fused-ring (bicyclic) bond motifs is 1. The Hall–Kier alpha value is -1.66. The van der Waals surface area contributed by atoms with Crippen molar-refractivity contribution < 1.29 is 13.2 Å². The molecule has 1 aliphatic rings. The van der Waals surface area contributed by atoms with Crippen molar-refractivity contribution in [3.8, 4) is 0 Å². The fourth-order valence-electron chi connectivity index (χ4n) is 2.85. The van der Waals surface area contributed by atoms with Crippen molar-refractivity contribution in [3.05, 3.63) is 45.7 Å². The third kappa shape index (κ3) is 3.90. The summed E-state index contributed by atoms with van der Waals surface area (Å²) < 4.78 is 28.1. The number of anilines is 1. The van der Waals surface area contributed by atoms with Gasteiger partial charge in [-0.15, -0.1) is 11.8 Å². The van der Waals surface area contributed by atoms with Gasteiger partial charge in [-0.25, -0.2) is 17.4 Å². The van der Waals surface area contributed by atoms with Gasteiger partial charge in [0.1, 0.15) is 5.03 Å². The molecule has 0 spiro atoms. The summed E-state index contributed by atoms with van der Waals surface area (Å²) in [5.41, 5.74) is 0.978. The van der Waals surface area contributed by atoms with E-state index >= 15 is 0 Å². The Morgan fingerprint density at radius 3 is 2.64 bits per heavy atom. The molecule has 0 aliphatic heterocycles. The molecule has 10 heteroatoms. The predicted molar refractivity (Wildman–Crippen MR) is 118 cm³/mol. The largest absolute Gasteiger partial charge is 0.294 e. The highest BCUT2D eigenvalue weighted by molar-refractivity contribution is 14.1. The third-order valence-electron chi connectivity index (χ3n) is 4.40. The number of hydrogen-bond acceptors (Lipinski definition) is 6. The maximum Gasteiger partial charge on any atom is 0.244 e. The molecule has 2 heterocycles. The van der Waals surface area contributed by atoms with Crippen LogP contribution < -0.4 is 5.32 Å². The van der Waals surface area contributed by atoms with Crippen molar-refractivity contribution in [2.75, 3.05) is 11.6 Å². The second-order valence-electron chi connectivity index (χ2n) is 6.53. The highest BCUT2D eigenvalue weighted by atomic mass is 127. The third-order valence-corrected chi connectivity index (χ3v) is 7.48. The van der Waals surface area contributed by atoms with Crippen molar-refractivity contribution in [1.82, 2.24) is 13.9 Å². The molecule has 4 rings (SSSR count). The fourth-order valence-corrected chi connectivity index (χ4v) is 6.00. The van der Waals surface area contributed by atoms with Gasteiger partial charge in [0.15, 0.2) is 5.65 Å². The average Bonchev–Trinajstić information content (AvgIpc) is 3.46. The molecule has 28 heavy (non-hydrogen) atoms. The molecule has 1 N–H and O–H groups in total. The second kappa shape index (κ2) is 7.64. The van der Waals surface area contributed by atoms with E-state index in [4.69, 9.17) is 0 Å². The first-order valence-electron chi connectivity index (χ1n) is 8.59. The first kappa shape index (κ1) is 19.6. The van der Waals surface area contributed by atoms with Gasteiger partial charge in [0.2, 0.25) is 21.9 Å². The highest BCUT2D eigenvalue weighted by Crippen LogP contribution is 2.33. The quantitative estimate of drug-likeness (QED) is 0.299. The van der Waals surface area contributed by atoms with E-state index in [2.05, 4.69) is 37.9 Å². The standard InChI is InChI=1S/C18H17IN4O3S2/c1-27-17-14-13(19)9-23(28(25,26)10-11-5-3-2-4-6-11)15(14)20-18(22-17)21-16(24)12-7-8-12/h2-6,9,12H,7-8,10H2,1H3,(H,20,21,22,24). The second-order valence-corrected chi connectivity index (χ2v) is 10.3. The smallest absolute Gasteiger partial charge is 0.244 e. The molecule has 1 aliphatic carbocycles. The van der Waals surface area contributed by atoms with Crippen LogP contribution >= 0.6 is 34.4 Å². The van der Waals surface area contributed by atoms with E-state index in [1.165, 1.54) is 15.7 Å². The number of hydrogen-bond donors (Lipinski definition) is 1. The maximum absolute atomic E-state index is 13.1. The van der Waals surface area contributed by atoms with Gasteiger partial charge in [0.25, 0.3) is 0 Å². The molecule has 1 amide bonds. The molecule has 146 valence electrons. The summed E-state index contributed by atoms with van der Waals surface area (Å²) in [5.74, 6) is -0.118. The zero-order valence-electron chi connectivity index (χ0n) is 14.9. The van der Waals surface area contributed by atoms with Crippen molar-refractivity contribution in [1.29, 1.82) is 0 Å². The van der Waals surface area contributed by atoms with E-state index in [0.29, 0.717) is 16.0 Å². The number of aromatic nitrogens is 3. The first-order chi connectivity index (χ1) is 13.4. The number of nitrogens with zero attached hydrogens (tertiary/aromatic N) is 3. The summed E-state index contributed by atoms with van der Waals surface area (Å²) in [6.45, 7) is 0. The Morgan fingerprint density at radius 1 is 1.29 bits per heavy atom. The fraction of sp³-hybridized carbons (Fsp3) is 0.278. The summed E-state index contributed by atoms with van der Waals surface area (Å²) in [7, 11) is -3.69. The minimum Gasteiger partial charge on any atom is -0.294 e. The topological polar surface area (TPSA) is 93.9 Å². The molecule has 0 atom stereocenters. The number of rotatable bonds is 6. The summed E-state index contributed by atoms with van der Waals surface area (Å²) in [4.78, 5) is 20.9. The summed E-state index contributed by atoms with van der Waals surface area (Å²) >= 11 is 3.48. The molecule has 0 saturated heterocycles. The lowest BCUT2D eigenvalue weighted by molar-refractivity contribution is -0.117. The van der Waals surface area contributed by atoms with Gasteiger partial charge >= 0.3 is 0 Å². The van der Waals surface area contributed by atoms with Crippen molar-refractivity contribution in [2.24, 2.45) is 5.92 Å². The SMILES string of the molecule is CSc1nc(NC(=O)C2CC2)nc2c1c(I)cn2S(=O)(=O)Cc1ccccc1. The number of benzene rings is 1. The van der Waals surface area contributed by atoms with Crippen LogP contribution in [0.4, 0.5) is 5.95 Å². The summed E-state index contributed by atoms with van der Waals surface area (Å²) in [6.07, 6.45) is 5.15. The van der Waals surface area contributed by atoms with Gasteiger partial charge in [-0.1, -0.05) is 30.3 Å². The molecular formula is C18H17IN4O3S2. The van der Waals surface area contributed by atoms with Crippen LogP contribution in [0, 0.1) is 9.49 Å². The van der Waals surface area contributed by atoms with Crippen molar-refractivity contribution >= 4 is 67.3 Å². The Morgan fingerprint density at radius 2 is 2.00 bits per heavy atom. The van der Waals surface area contributed by atoms with Gasteiger partial charge in [0.05, 0.1) is 11.1 Å². The van der Waals surface area contributed by atoms with Crippen LogP contribution in [-0.2, 0) is 20.6 Å². The van der Waals surface area contributed by atoms with Gasteiger partial charge in [0, 0.05) is 15.7 Å². The maximum atomic E-state index is 13.1. The highest BCUT2D eigenvalue weighted by Gasteiger charge is 2.31. The Balaban J connectivity index is 1.80. The molecule has 3 aromatic rings. The van der Waals surface area contributed by atoms with Crippen LogP contribution in [0.25, 0.3) is 11.0 Å². The van der Waals surface area contributed by atoms with E-state index in [1.54, 1.807) is 18.3 Å². The lowest BCUT2D eigenvalue weighted by Gasteiger charge is -2.09. The Kier molecular flexibility index (Phi) is 5.36. The normalized spacial score (nSPS) is 14.4. The predicted octanol–water partition coefficient (Wildman–Crippen LogP) is 3.48. The lowest BCUT2D eigenvalue weighted by Crippen LogP contribution is -2.18. The molecule has 0 bridgehead atoms. The molecule has 7 nitrogen and oxygen atoms in total. The van der Waals surface area contributed by atoms with Crippen LogP contribution in [-0.4, -0.2) is 34.5 Å². The monoisotopic (exact) mass is 528 g/mol. The number of nitrogens with one attached hydrogen (secondary N) is 1. The first-order valence-corrected chi connectivity index (χ1v) is 12.5. The number of carbonyl (C=O) groups is 1. The van der Waals surface area contributed by atoms with E-state index in [-0.39, 0.29) is 29.2 Å². The van der Waals surface area contributed by atoms with Crippen molar-refractivity contribution in [2.45, 2.75) is 23.6 Å². The van der Waals surface area contributed by atoms with Crippen LogP contribution in [0.5, 0.6) is 0 Å². The van der Waals surface area contributed by atoms with Gasteiger partial charge in [-0.2, -0.15) is 4.98 Å².